The Balaban J connectivity index is 1.85. The largest absolute Gasteiger partial charge is 0.497 e. The molecule has 2 heterocycles. The number of esters is 1. The van der Waals surface area contributed by atoms with Crippen molar-refractivity contribution in [3.63, 3.8) is 0 Å². The van der Waals surface area contributed by atoms with Crippen molar-refractivity contribution in [3.05, 3.63) is 71.8 Å². The summed E-state index contributed by atoms with van der Waals surface area (Å²) in [7, 11) is 1.62. The van der Waals surface area contributed by atoms with Crippen LogP contribution in [-0.2, 0) is 17.8 Å². The fourth-order valence-corrected chi connectivity index (χ4v) is 2.68. The Bertz CT molecular complexity index is 876. The molecule has 0 aliphatic carbocycles. The average Bonchev–Trinajstić information content (AvgIpc) is 3.13. The number of aromatic nitrogens is 3. The van der Waals surface area contributed by atoms with Crippen molar-refractivity contribution >= 4 is 5.97 Å². The maximum absolute atomic E-state index is 12.3. The summed E-state index contributed by atoms with van der Waals surface area (Å²) in [6, 6.07) is 13.3. The molecule has 3 rings (SSSR count). The fourth-order valence-electron chi connectivity index (χ4n) is 2.68. The highest BCUT2D eigenvalue weighted by molar-refractivity contribution is 5.90. The van der Waals surface area contributed by atoms with Crippen LogP contribution in [0.5, 0.6) is 5.75 Å². The molecular weight excluding hydrogens is 344 g/mol. The first-order valence-corrected chi connectivity index (χ1v) is 8.72. The van der Waals surface area contributed by atoms with Gasteiger partial charge in [0.05, 0.1) is 37.0 Å². The first-order valence-electron chi connectivity index (χ1n) is 8.72. The third kappa shape index (κ3) is 4.51. The number of nitrogens with zero attached hydrogens (tertiary/aromatic N) is 3. The van der Waals surface area contributed by atoms with Gasteiger partial charge in [-0.1, -0.05) is 6.07 Å². The van der Waals surface area contributed by atoms with Crippen molar-refractivity contribution in [2.45, 2.75) is 20.0 Å². The molecule has 0 aliphatic heterocycles. The number of carbonyl (C=O) groups is 1. The van der Waals surface area contributed by atoms with Gasteiger partial charge in [0.25, 0.3) is 0 Å². The summed E-state index contributed by atoms with van der Waals surface area (Å²) < 4.78 is 12.1. The Morgan fingerprint density at radius 3 is 2.63 bits per heavy atom. The van der Waals surface area contributed by atoms with E-state index in [1.54, 1.807) is 31.1 Å². The molecule has 3 aromatic rings. The number of hydrogen-bond donors (Lipinski definition) is 1. The molecule has 0 amide bonds. The predicted octanol–water partition coefficient (Wildman–Crippen LogP) is 2.74. The molecule has 0 atom stereocenters. The number of rotatable bonds is 8. The molecule has 0 saturated heterocycles. The first-order chi connectivity index (χ1) is 13.2. The maximum Gasteiger partial charge on any atom is 0.341 e. The van der Waals surface area contributed by atoms with Crippen molar-refractivity contribution in [2.24, 2.45) is 0 Å². The Hall–Kier alpha value is -3.19. The van der Waals surface area contributed by atoms with Crippen LogP contribution in [-0.4, -0.2) is 34.5 Å². The van der Waals surface area contributed by atoms with Crippen LogP contribution in [0.2, 0.25) is 0 Å². The van der Waals surface area contributed by atoms with Crippen LogP contribution in [0.3, 0.4) is 0 Å². The average molecular weight is 366 g/mol. The number of carbonyl (C=O) groups excluding carboxylic acids is 1. The van der Waals surface area contributed by atoms with E-state index >= 15 is 0 Å². The lowest BCUT2D eigenvalue weighted by molar-refractivity contribution is 0.0525. The lowest BCUT2D eigenvalue weighted by Gasteiger charge is -2.11. The zero-order chi connectivity index (χ0) is 19.1. The normalized spacial score (nSPS) is 10.6. The summed E-state index contributed by atoms with van der Waals surface area (Å²) in [6.07, 6.45) is 3.29. The minimum atomic E-state index is -0.383. The van der Waals surface area contributed by atoms with Crippen LogP contribution in [0.15, 0.2) is 54.9 Å². The molecule has 0 aliphatic rings. The molecule has 7 heteroatoms. The Morgan fingerprint density at radius 1 is 1.15 bits per heavy atom. The number of nitrogens with one attached hydrogen (secondary N) is 1. The molecule has 0 radical (unpaired) electrons. The highest BCUT2D eigenvalue weighted by Gasteiger charge is 2.19. The van der Waals surface area contributed by atoms with E-state index in [-0.39, 0.29) is 5.97 Å². The van der Waals surface area contributed by atoms with Crippen LogP contribution < -0.4 is 10.1 Å². The Labute approximate surface area is 158 Å². The molecule has 0 saturated carbocycles. The van der Waals surface area contributed by atoms with Gasteiger partial charge in [0, 0.05) is 19.3 Å². The van der Waals surface area contributed by atoms with E-state index in [1.165, 1.54) is 0 Å². The van der Waals surface area contributed by atoms with E-state index in [4.69, 9.17) is 9.47 Å². The van der Waals surface area contributed by atoms with Crippen LogP contribution in [0.25, 0.3) is 5.69 Å². The quantitative estimate of drug-likeness (QED) is 0.618. The summed E-state index contributed by atoms with van der Waals surface area (Å²) in [5.74, 6) is 0.373. The van der Waals surface area contributed by atoms with Gasteiger partial charge in [-0.3, -0.25) is 4.98 Å². The van der Waals surface area contributed by atoms with Gasteiger partial charge in [-0.25, -0.2) is 9.48 Å². The maximum atomic E-state index is 12.3. The van der Waals surface area contributed by atoms with E-state index in [0.29, 0.717) is 25.3 Å². The number of benzene rings is 1. The van der Waals surface area contributed by atoms with Crippen molar-refractivity contribution < 1.29 is 14.3 Å². The molecule has 0 spiro atoms. The highest BCUT2D eigenvalue weighted by Crippen LogP contribution is 2.19. The van der Waals surface area contributed by atoms with E-state index in [2.05, 4.69) is 15.4 Å². The van der Waals surface area contributed by atoms with Crippen LogP contribution in [0.4, 0.5) is 0 Å². The van der Waals surface area contributed by atoms with Gasteiger partial charge in [-0.2, -0.15) is 5.10 Å². The predicted molar refractivity (Wildman–Crippen MR) is 101 cm³/mol. The molecule has 0 fully saturated rings. The number of hydrogen-bond acceptors (Lipinski definition) is 6. The topological polar surface area (TPSA) is 78.3 Å². The Morgan fingerprint density at radius 2 is 1.96 bits per heavy atom. The molecule has 27 heavy (non-hydrogen) atoms. The number of methoxy groups -OCH3 is 1. The minimum Gasteiger partial charge on any atom is -0.497 e. The SMILES string of the molecule is CCOC(=O)c1cnn(-c2ccc(OC)cc2)c1CNCc1ccccn1. The van der Waals surface area contributed by atoms with Crippen LogP contribution >= 0.6 is 0 Å². The fraction of sp³-hybridized carbons (Fsp3) is 0.250. The summed E-state index contributed by atoms with van der Waals surface area (Å²) in [5.41, 5.74) is 2.93. The minimum absolute atomic E-state index is 0.313. The van der Waals surface area contributed by atoms with Gasteiger partial charge in [0.15, 0.2) is 0 Å². The molecule has 0 bridgehead atoms. The van der Waals surface area contributed by atoms with Gasteiger partial charge >= 0.3 is 5.97 Å². The Kier molecular flexibility index (Phi) is 6.17. The summed E-state index contributed by atoms with van der Waals surface area (Å²) in [6.45, 7) is 3.12. The third-order valence-electron chi connectivity index (χ3n) is 4.01. The lowest BCUT2D eigenvalue weighted by atomic mass is 10.2. The molecule has 1 N–H and O–H groups in total. The number of ether oxygens (including phenoxy) is 2. The van der Waals surface area contributed by atoms with Crippen molar-refractivity contribution in [2.75, 3.05) is 13.7 Å². The van der Waals surface area contributed by atoms with Gasteiger partial charge in [0.1, 0.15) is 11.3 Å². The van der Waals surface area contributed by atoms with Gasteiger partial charge in [0.2, 0.25) is 0 Å². The van der Waals surface area contributed by atoms with Crippen molar-refractivity contribution in [1.29, 1.82) is 0 Å². The molecule has 7 nitrogen and oxygen atoms in total. The van der Waals surface area contributed by atoms with Gasteiger partial charge in [-0.05, 0) is 43.3 Å². The second kappa shape index (κ2) is 8.95. The first kappa shape index (κ1) is 18.6. The monoisotopic (exact) mass is 366 g/mol. The van der Waals surface area contributed by atoms with Crippen LogP contribution in [0.1, 0.15) is 28.7 Å². The van der Waals surface area contributed by atoms with E-state index < -0.39 is 0 Å². The van der Waals surface area contributed by atoms with E-state index in [1.807, 2.05) is 42.5 Å². The molecule has 0 unspecified atom stereocenters. The van der Waals surface area contributed by atoms with Gasteiger partial charge in [-0.15, -0.1) is 0 Å². The third-order valence-corrected chi connectivity index (χ3v) is 4.01. The van der Waals surface area contributed by atoms with Crippen molar-refractivity contribution in [1.82, 2.24) is 20.1 Å². The summed E-state index contributed by atoms with van der Waals surface area (Å²) >= 11 is 0. The van der Waals surface area contributed by atoms with Crippen molar-refractivity contribution in [3.8, 4) is 11.4 Å². The number of pyridine rings is 1. The zero-order valence-electron chi connectivity index (χ0n) is 15.4. The van der Waals surface area contributed by atoms with Crippen LogP contribution in [0, 0.1) is 0 Å². The lowest BCUT2D eigenvalue weighted by Crippen LogP contribution is -2.19. The second-order valence-corrected chi connectivity index (χ2v) is 5.76. The van der Waals surface area contributed by atoms with Gasteiger partial charge < -0.3 is 14.8 Å². The molecule has 140 valence electrons. The summed E-state index contributed by atoms with van der Waals surface area (Å²) in [5, 5.41) is 7.71. The van der Waals surface area contributed by atoms with E-state index in [0.717, 1.165) is 22.8 Å². The standard InChI is InChI=1S/C20H22N4O3/c1-3-27-20(25)18-13-23-24(16-7-9-17(26-2)10-8-16)19(18)14-21-12-15-6-4-5-11-22-15/h4-11,13,21H,3,12,14H2,1-2H3. The summed E-state index contributed by atoms with van der Waals surface area (Å²) in [4.78, 5) is 16.6. The van der Waals surface area contributed by atoms with E-state index in [9.17, 15) is 4.79 Å². The molecular formula is C20H22N4O3. The smallest absolute Gasteiger partial charge is 0.341 e. The second-order valence-electron chi connectivity index (χ2n) is 5.76. The molecule has 2 aromatic heterocycles. The molecule has 1 aromatic carbocycles. The highest BCUT2D eigenvalue weighted by atomic mass is 16.5. The zero-order valence-corrected chi connectivity index (χ0v) is 15.4.